The van der Waals surface area contributed by atoms with Crippen LogP contribution in [0.4, 0.5) is 0 Å². The largest absolute Gasteiger partial charge is 0.358 e. The number of sulfonamides is 1. The summed E-state index contributed by atoms with van der Waals surface area (Å²) < 4.78 is 23.3. The maximum absolute atomic E-state index is 11.6. The lowest BCUT2D eigenvalue weighted by molar-refractivity contribution is -0.131. The number of carbonyl (C=O) groups is 1. The lowest BCUT2D eigenvalue weighted by Gasteiger charge is -2.05. The normalized spacial score (nSPS) is 11.3. The molecule has 0 aliphatic rings. The monoisotopic (exact) mass is 251 g/mol. The Kier molecular flexibility index (Phi) is 3.08. The third-order valence-electron chi connectivity index (χ3n) is 2.24. The van der Waals surface area contributed by atoms with E-state index in [1.807, 2.05) is 18.2 Å². The van der Waals surface area contributed by atoms with E-state index < -0.39 is 10.0 Å². The molecule has 0 bridgehead atoms. The molecule has 0 aliphatic carbocycles. The molecule has 0 aliphatic heterocycles. The lowest BCUT2D eigenvalue weighted by Crippen LogP contribution is -2.23. The van der Waals surface area contributed by atoms with Crippen LogP contribution in [0.2, 0.25) is 0 Å². The average Bonchev–Trinajstić information content (AvgIpc) is 2.36. The van der Waals surface area contributed by atoms with E-state index in [1.54, 1.807) is 17.0 Å². The highest BCUT2D eigenvalue weighted by Crippen LogP contribution is 2.18. The summed E-state index contributed by atoms with van der Waals surface area (Å²) in [7, 11) is -3.82. The quantitative estimate of drug-likeness (QED) is 0.654. The predicted octanol–water partition coefficient (Wildman–Crippen LogP) is 1.21. The molecular formula is C11H9NO4S. The second kappa shape index (κ2) is 4.52. The fourth-order valence-corrected chi connectivity index (χ4v) is 2.26. The Labute approximate surface area is 98.0 Å². The minimum Gasteiger partial charge on any atom is -0.358 e. The second-order valence-corrected chi connectivity index (χ2v) is 4.95. The third kappa shape index (κ3) is 2.43. The first-order chi connectivity index (χ1) is 8.13. The predicted molar refractivity (Wildman–Crippen MR) is 61.4 cm³/mol. The number of hydrogen-bond acceptors (Lipinski definition) is 4. The van der Waals surface area contributed by atoms with Gasteiger partial charge in [0.05, 0.1) is 4.90 Å². The zero-order chi connectivity index (χ0) is 12.3. The molecule has 0 saturated carbocycles. The zero-order valence-corrected chi connectivity index (χ0v) is 9.48. The summed E-state index contributed by atoms with van der Waals surface area (Å²) in [5.41, 5.74) is 0. The molecule has 0 atom stereocenters. The summed E-state index contributed by atoms with van der Waals surface area (Å²) in [6.45, 7) is 0.0125. The van der Waals surface area contributed by atoms with Crippen LogP contribution in [0.3, 0.4) is 0 Å². The van der Waals surface area contributed by atoms with E-state index in [4.69, 9.17) is 0 Å². The van der Waals surface area contributed by atoms with Crippen molar-refractivity contribution in [2.24, 2.45) is 0 Å². The van der Waals surface area contributed by atoms with Crippen LogP contribution in [-0.4, -0.2) is 14.9 Å². The molecule has 0 aromatic heterocycles. The molecule has 2 rings (SSSR count). The van der Waals surface area contributed by atoms with Gasteiger partial charge in [0.2, 0.25) is 0 Å². The Bertz CT molecular complexity index is 651. The van der Waals surface area contributed by atoms with Gasteiger partial charge in [-0.1, -0.05) is 30.3 Å². The molecule has 0 saturated heterocycles. The van der Waals surface area contributed by atoms with E-state index in [0.29, 0.717) is 0 Å². The Morgan fingerprint density at radius 2 is 1.76 bits per heavy atom. The van der Waals surface area contributed by atoms with Crippen LogP contribution in [0.1, 0.15) is 0 Å². The molecule has 6 heteroatoms. The summed E-state index contributed by atoms with van der Waals surface area (Å²) in [6.07, 6.45) is 0. The fourth-order valence-electron chi connectivity index (χ4n) is 1.47. The maximum Gasteiger partial charge on any atom is 0.314 e. The number of fused-ring (bicyclic) bond motifs is 1. The van der Waals surface area contributed by atoms with Crippen LogP contribution in [0, 0.1) is 0 Å². The SMILES string of the molecule is O=CONS(=O)(=O)c1ccc2ccccc2c1. The zero-order valence-electron chi connectivity index (χ0n) is 8.66. The molecule has 2 aromatic rings. The van der Waals surface area contributed by atoms with Crippen LogP contribution in [0.15, 0.2) is 47.4 Å². The average molecular weight is 251 g/mol. The van der Waals surface area contributed by atoms with Crippen molar-refractivity contribution >= 4 is 27.3 Å². The molecule has 1 N–H and O–H groups in total. The molecule has 17 heavy (non-hydrogen) atoms. The first kappa shape index (κ1) is 11.6. The third-order valence-corrected chi connectivity index (χ3v) is 3.43. The van der Waals surface area contributed by atoms with Crippen molar-refractivity contribution in [1.29, 1.82) is 0 Å². The smallest absolute Gasteiger partial charge is 0.314 e. The van der Waals surface area contributed by atoms with Crippen LogP contribution in [0.5, 0.6) is 0 Å². The summed E-state index contributed by atoms with van der Waals surface area (Å²) in [6, 6.07) is 12.0. The van der Waals surface area contributed by atoms with Crippen LogP contribution in [-0.2, 0) is 19.7 Å². The molecular weight excluding hydrogens is 242 g/mol. The minimum absolute atomic E-state index is 0.0125. The van der Waals surface area contributed by atoms with Gasteiger partial charge in [0.15, 0.2) is 0 Å². The Balaban J connectivity index is 2.46. The molecule has 0 heterocycles. The van der Waals surface area contributed by atoms with Crippen molar-refractivity contribution in [2.45, 2.75) is 4.90 Å². The van der Waals surface area contributed by atoms with E-state index in [-0.39, 0.29) is 11.4 Å². The molecule has 0 fully saturated rings. The first-order valence-corrected chi connectivity index (χ1v) is 6.22. The fraction of sp³-hybridized carbons (Fsp3) is 0. The van der Waals surface area contributed by atoms with Crippen molar-refractivity contribution in [3.63, 3.8) is 0 Å². The highest BCUT2D eigenvalue weighted by molar-refractivity contribution is 7.89. The number of hydrogen-bond donors (Lipinski definition) is 1. The van der Waals surface area contributed by atoms with Gasteiger partial charge in [0, 0.05) is 0 Å². The van der Waals surface area contributed by atoms with Gasteiger partial charge in [0.1, 0.15) is 0 Å². The van der Waals surface area contributed by atoms with Crippen molar-refractivity contribution in [1.82, 2.24) is 4.89 Å². The molecule has 0 spiro atoms. The summed E-state index contributed by atoms with van der Waals surface area (Å²) in [5.74, 6) is 0. The van der Waals surface area contributed by atoms with Crippen molar-refractivity contribution in [2.75, 3.05) is 0 Å². The topological polar surface area (TPSA) is 72.5 Å². The molecule has 2 aromatic carbocycles. The van der Waals surface area contributed by atoms with Gasteiger partial charge in [-0.05, 0) is 27.8 Å². The lowest BCUT2D eigenvalue weighted by atomic mass is 10.1. The molecule has 5 nitrogen and oxygen atoms in total. The molecule has 0 radical (unpaired) electrons. The summed E-state index contributed by atoms with van der Waals surface area (Å²) in [5, 5.41) is 1.73. The van der Waals surface area contributed by atoms with E-state index in [1.165, 1.54) is 12.1 Å². The van der Waals surface area contributed by atoms with E-state index >= 15 is 0 Å². The van der Waals surface area contributed by atoms with Gasteiger partial charge >= 0.3 is 6.47 Å². The Hall–Kier alpha value is -1.92. The van der Waals surface area contributed by atoms with Crippen molar-refractivity contribution in [3.8, 4) is 0 Å². The summed E-state index contributed by atoms with van der Waals surface area (Å²) in [4.78, 5) is 15.7. The number of rotatable bonds is 4. The van der Waals surface area contributed by atoms with Crippen molar-refractivity contribution < 1.29 is 18.0 Å². The highest BCUT2D eigenvalue weighted by Gasteiger charge is 2.14. The molecule has 0 amide bonds. The van der Waals surface area contributed by atoms with Gasteiger partial charge in [-0.25, -0.2) is 8.42 Å². The summed E-state index contributed by atoms with van der Waals surface area (Å²) >= 11 is 0. The Morgan fingerprint density at radius 1 is 1.06 bits per heavy atom. The van der Waals surface area contributed by atoms with Crippen LogP contribution < -0.4 is 4.89 Å². The van der Waals surface area contributed by atoms with Gasteiger partial charge < -0.3 is 4.84 Å². The highest BCUT2D eigenvalue weighted by atomic mass is 32.2. The minimum atomic E-state index is -3.82. The van der Waals surface area contributed by atoms with Crippen molar-refractivity contribution in [3.05, 3.63) is 42.5 Å². The van der Waals surface area contributed by atoms with Gasteiger partial charge in [0.25, 0.3) is 10.0 Å². The first-order valence-electron chi connectivity index (χ1n) is 4.73. The van der Waals surface area contributed by atoms with Crippen LogP contribution >= 0.6 is 0 Å². The van der Waals surface area contributed by atoms with E-state index in [9.17, 15) is 13.2 Å². The van der Waals surface area contributed by atoms with E-state index in [2.05, 4.69) is 4.84 Å². The Morgan fingerprint density at radius 3 is 2.47 bits per heavy atom. The van der Waals surface area contributed by atoms with Crippen LogP contribution in [0.25, 0.3) is 10.8 Å². The van der Waals surface area contributed by atoms with Gasteiger partial charge in [-0.3, -0.25) is 4.79 Å². The number of nitrogens with one attached hydrogen (secondary N) is 1. The standard InChI is InChI=1S/C11H9NO4S/c13-8-16-12-17(14,15)11-6-5-9-3-1-2-4-10(9)7-11/h1-8,12H. The second-order valence-electron chi connectivity index (χ2n) is 3.31. The van der Waals surface area contributed by atoms with Gasteiger partial charge in [-0.2, -0.15) is 0 Å². The van der Waals surface area contributed by atoms with Gasteiger partial charge in [-0.15, -0.1) is 0 Å². The maximum atomic E-state index is 11.6. The van der Waals surface area contributed by atoms with E-state index in [0.717, 1.165) is 10.8 Å². The number of carbonyl (C=O) groups excluding carboxylic acids is 1. The molecule has 88 valence electrons. The number of benzene rings is 2. The molecule has 0 unspecified atom stereocenters.